The van der Waals surface area contributed by atoms with E-state index in [1.807, 2.05) is 26.0 Å². The molecule has 26 heavy (non-hydrogen) atoms. The Hall–Kier alpha value is -3.35. The molecule has 2 aromatic rings. The first-order valence-corrected chi connectivity index (χ1v) is 8.03. The van der Waals surface area contributed by atoms with Crippen molar-refractivity contribution in [2.24, 2.45) is 0 Å². The first kappa shape index (κ1) is 17.5. The summed E-state index contributed by atoms with van der Waals surface area (Å²) in [5, 5.41) is 11.8. The molecule has 0 atom stereocenters. The third-order valence-electron chi connectivity index (χ3n) is 4.24. The van der Waals surface area contributed by atoms with Gasteiger partial charge in [-0.15, -0.1) is 0 Å². The number of nitrogens with one attached hydrogen (secondary N) is 1. The van der Waals surface area contributed by atoms with Crippen molar-refractivity contribution in [1.29, 1.82) is 0 Å². The minimum Gasteiger partial charge on any atom is -0.482 e. The van der Waals surface area contributed by atoms with Gasteiger partial charge in [0.25, 0.3) is 5.91 Å². The third-order valence-corrected chi connectivity index (χ3v) is 4.24. The number of aromatic carboxylic acids is 1. The summed E-state index contributed by atoms with van der Waals surface area (Å²) in [6.07, 6.45) is 0. The minimum absolute atomic E-state index is 0.0534. The molecule has 0 saturated heterocycles. The van der Waals surface area contributed by atoms with Crippen LogP contribution in [0.2, 0.25) is 0 Å². The molecule has 7 heteroatoms. The Morgan fingerprint density at radius 1 is 1.15 bits per heavy atom. The van der Waals surface area contributed by atoms with Gasteiger partial charge in [-0.1, -0.05) is 6.07 Å². The van der Waals surface area contributed by atoms with Gasteiger partial charge in [-0.25, -0.2) is 4.79 Å². The van der Waals surface area contributed by atoms with Gasteiger partial charge in [0.15, 0.2) is 6.61 Å². The van der Waals surface area contributed by atoms with Crippen molar-refractivity contribution in [2.75, 3.05) is 23.4 Å². The van der Waals surface area contributed by atoms with Crippen LogP contribution in [0.1, 0.15) is 21.5 Å². The molecule has 0 aromatic heterocycles. The average molecular weight is 354 g/mol. The molecule has 1 aliphatic rings. The molecule has 1 heterocycles. The van der Waals surface area contributed by atoms with Gasteiger partial charge in [-0.2, -0.15) is 0 Å². The first-order chi connectivity index (χ1) is 12.3. The number of carbonyl (C=O) groups excluding carboxylic acids is 2. The van der Waals surface area contributed by atoms with E-state index in [1.54, 1.807) is 6.07 Å². The number of fused-ring (bicyclic) bond motifs is 1. The van der Waals surface area contributed by atoms with E-state index in [0.717, 1.165) is 11.1 Å². The fraction of sp³-hybridized carbons (Fsp3) is 0.211. The van der Waals surface area contributed by atoms with Gasteiger partial charge < -0.3 is 15.2 Å². The summed E-state index contributed by atoms with van der Waals surface area (Å²) in [4.78, 5) is 36.9. The Bertz CT molecular complexity index is 907. The molecule has 0 fully saturated rings. The molecule has 0 unspecified atom stereocenters. The number of benzene rings is 2. The highest BCUT2D eigenvalue weighted by molar-refractivity contribution is 6.05. The second-order valence-corrected chi connectivity index (χ2v) is 6.10. The molecule has 0 radical (unpaired) electrons. The fourth-order valence-corrected chi connectivity index (χ4v) is 2.67. The molecule has 1 aliphatic heterocycles. The second-order valence-electron chi connectivity index (χ2n) is 6.10. The Balaban J connectivity index is 1.78. The maximum Gasteiger partial charge on any atom is 0.335 e. The van der Waals surface area contributed by atoms with E-state index in [9.17, 15) is 14.4 Å². The summed E-state index contributed by atoms with van der Waals surface area (Å²) < 4.78 is 5.30. The molecule has 0 saturated carbocycles. The number of aryl methyl sites for hydroxylation is 2. The molecule has 0 bridgehead atoms. The zero-order chi connectivity index (χ0) is 18.8. The lowest BCUT2D eigenvalue weighted by Gasteiger charge is -2.29. The lowest BCUT2D eigenvalue weighted by molar-refractivity contribution is -0.123. The second kappa shape index (κ2) is 6.87. The molecule has 2 amide bonds. The van der Waals surface area contributed by atoms with Crippen molar-refractivity contribution in [3.05, 3.63) is 53.1 Å². The van der Waals surface area contributed by atoms with E-state index in [1.165, 1.54) is 23.1 Å². The van der Waals surface area contributed by atoms with Gasteiger partial charge in [-0.3, -0.25) is 14.5 Å². The number of carbonyl (C=O) groups is 3. The number of carboxylic acids is 1. The molecule has 134 valence electrons. The summed E-state index contributed by atoms with van der Waals surface area (Å²) in [5.41, 5.74) is 3.26. The molecule has 0 aliphatic carbocycles. The monoisotopic (exact) mass is 354 g/mol. The number of ether oxygens (including phenoxy) is 1. The predicted molar refractivity (Wildman–Crippen MR) is 95.8 cm³/mol. The van der Waals surface area contributed by atoms with Crippen LogP contribution in [-0.2, 0) is 9.59 Å². The number of amides is 2. The summed E-state index contributed by atoms with van der Waals surface area (Å²) >= 11 is 0. The normalized spacial score (nSPS) is 13.0. The van der Waals surface area contributed by atoms with Crippen LogP contribution in [0, 0.1) is 13.8 Å². The number of anilines is 2. The van der Waals surface area contributed by atoms with Crippen LogP contribution in [0.25, 0.3) is 0 Å². The molecule has 7 nitrogen and oxygen atoms in total. The van der Waals surface area contributed by atoms with Crippen molar-refractivity contribution in [2.45, 2.75) is 13.8 Å². The minimum atomic E-state index is -1.09. The smallest absolute Gasteiger partial charge is 0.335 e. The zero-order valence-corrected chi connectivity index (χ0v) is 14.4. The van der Waals surface area contributed by atoms with Gasteiger partial charge in [0.1, 0.15) is 12.3 Å². The van der Waals surface area contributed by atoms with E-state index < -0.39 is 5.97 Å². The number of nitrogens with zero attached hydrogens (tertiary/aromatic N) is 1. The van der Waals surface area contributed by atoms with E-state index in [4.69, 9.17) is 9.84 Å². The lowest BCUT2D eigenvalue weighted by Crippen LogP contribution is -2.43. The summed E-state index contributed by atoms with van der Waals surface area (Å²) in [7, 11) is 0. The number of rotatable bonds is 4. The first-order valence-electron chi connectivity index (χ1n) is 8.03. The van der Waals surface area contributed by atoms with Crippen molar-refractivity contribution < 1.29 is 24.2 Å². The highest BCUT2D eigenvalue weighted by Crippen LogP contribution is 2.33. The third kappa shape index (κ3) is 3.51. The topological polar surface area (TPSA) is 95.9 Å². The quantitative estimate of drug-likeness (QED) is 0.879. The largest absolute Gasteiger partial charge is 0.482 e. The van der Waals surface area contributed by atoms with Crippen molar-refractivity contribution in [3.63, 3.8) is 0 Å². The van der Waals surface area contributed by atoms with Gasteiger partial charge in [-0.05, 0) is 55.3 Å². The van der Waals surface area contributed by atoms with E-state index in [2.05, 4.69) is 5.32 Å². The van der Waals surface area contributed by atoms with E-state index in [-0.39, 0.29) is 36.3 Å². The Labute approximate surface area is 150 Å². The fourth-order valence-electron chi connectivity index (χ4n) is 2.67. The van der Waals surface area contributed by atoms with Crippen LogP contribution in [0.4, 0.5) is 11.4 Å². The van der Waals surface area contributed by atoms with Gasteiger partial charge in [0, 0.05) is 5.69 Å². The molecule has 3 rings (SSSR count). The van der Waals surface area contributed by atoms with Crippen LogP contribution in [0.15, 0.2) is 36.4 Å². The molecule has 0 spiro atoms. The van der Waals surface area contributed by atoms with Crippen LogP contribution < -0.4 is 15.0 Å². The molecule has 2 N–H and O–H groups in total. The van der Waals surface area contributed by atoms with Gasteiger partial charge >= 0.3 is 5.97 Å². The Kier molecular flexibility index (Phi) is 4.62. The molecular weight excluding hydrogens is 336 g/mol. The van der Waals surface area contributed by atoms with E-state index in [0.29, 0.717) is 11.4 Å². The Morgan fingerprint density at radius 3 is 2.62 bits per heavy atom. The number of carboxylic acid groups (broad SMARTS) is 1. The molecular formula is C19H18N2O5. The summed E-state index contributed by atoms with van der Waals surface area (Å²) in [6.45, 7) is 3.50. The average Bonchev–Trinajstić information content (AvgIpc) is 2.60. The van der Waals surface area contributed by atoms with Crippen LogP contribution >= 0.6 is 0 Å². The van der Waals surface area contributed by atoms with Crippen LogP contribution in [0.5, 0.6) is 5.75 Å². The van der Waals surface area contributed by atoms with E-state index >= 15 is 0 Å². The summed E-state index contributed by atoms with van der Waals surface area (Å²) in [6, 6.07) is 9.76. The number of hydrogen-bond donors (Lipinski definition) is 2. The zero-order valence-electron chi connectivity index (χ0n) is 14.4. The van der Waals surface area contributed by atoms with Crippen molar-refractivity contribution >= 4 is 29.2 Å². The van der Waals surface area contributed by atoms with Crippen LogP contribution in [-0.4, -0.2) is 36.0 Å². The van der Waals surface area contributed by atoms with Crippen molar-refractivity contribution in [3.8, 4) is 5.75 Å². The standard InChI is InChI=1S/C19H18N2O5/c1-11-3-5-14(7-12(11)2)20-17(22)9-21-15-6-4-13(19(24)25)8-16(15)26-10-18(21)23/h3-8H,9-10H2,1-2H3,(H,20,22)(H,24,25). The number of hydrogen-bond acceptors (Lipinski definition) is 4. The maximum atomic E-state index is 12.4. The van der Waals surface area contributed by atoms with Gasteiger partial charge in [0.2, 0.25) is 5.91 Å². The summed E-state index contributed by atoms with van der Waals surface area (Å²) in [5.74, 6) is -1.54. The van der Waals surface area contributed by atoms with Crippen molar-refractivity contribution in [1.82, 2.24) is 0 Å². The Morgan fingerprint density at radius 2 is 1.92 bits per heavy atom. The maximum absolute atomic E-state index is 12.4. The van der Waals surface area contributed by atoms with Gasteiger partial charge in [0.05, 0.1) is 11.3 Å². The van der Waals surface area contributed by atoms with Crippen LogP contribution in [0.3, 0.4) is 0 Å². The lowest BCUT2D eigenvalue weighted by atomic mass is 10.1. The SMILES string of the molecule is Cc1ccc(NC(=O)CN2C(=O)COc3cc(C(=O)O)ccc32)cc1C. The molecule has 2 aromatic carbocycles. The highest BCUT2D eigenvalue weighted by atomic mass is 16.5. The highest BCUT2D eigenvalue weighted by Gasteiger charge is 2.28. The predicted octanol–water partition coefficient (Wildman–Crippen LogP) is 2.37.